The molecule has 2 atom stereocenters. The van der Waals surface area contributed by atoms with Crippen molar-refractivity contribution in [1.29, 1.82) is 0 Å². The maximum Gasteiger partial charge on any atom is 0.244 e. The molecule has 150 valence electrons. The van der Waals surface area contributed by atoms with Gasteiger partial charge in [-0.05, 0) is 76.6 Å². The van der Waals surface area contributed by atoms with Crippen LogP contribution in [0.5, 0.6) is 0 Å². The van der Waals surface area contributed by atoms with E-state index in [0.717, 1.165) is 42.6 Å². The second-order valence-electron chi connectivity index (χ2n) is 7.96. The van der Waals surface area contributed by atoms with Gasteiger partial charge in [0.15, 0.2) is 0 Å². The third-order valence-electron chi connectivity index (χ3n) is 5.64. The molecule has 0 bridgehead atoms. The van der Waals surface area contributed by atoms with Gasteiger partial charge in [0, 0.05) is 13.1 Å². The monoisotopic (exact) mass is 393 g/mol. The fraction of sp³-hybridized carbons (Fsp3) is 0.650. The fourth-order valence-corrected chi connectivity index (χ4v) is 6.51. The van der Waals surface area contributed by atoms with Crippen molar-refractivity contribution >= 4 is 15.9 Å². The molecule has 0 spiro atoms. The number of carbonyl (C=O) groups excluding carboxylic acids is 1. The lowest BCUT2D eigenvalue weighted by Gasteiger charge is -2.27. The Morgan fingerprint density at radius 2 is 1.89 bits per heavy atom. The van der Waals surface area contributed by atoms with Crippen molar-refractivity contribution in [3.8, 4) is 0 Å². The first-order valence-electron chi connectivity index (χ1n) is 9.89. The Labute approximate surface area is 162 Å². The topological polar surface area (TPSA) is 78.5 Å². The van der Waals surface area contributed by atoms with Crippen molar-refractivity contribution in [3.05, 3.63) is 28.8 Å². The third-order valence-corrected chi connectivity index (χ3v) is 7.86. The Morgan fingerprint density at radius 3 is 2.52 bits per heavy atom. The largest absolute Gasteiger partial charge is 0.354 e. The van der Waals surface area contributed by atoms with Crippen LogP contribution in [0, 0.1) is 26.7 Å². The van der Waals surface area contributed by atoms with Crippen LogP contribution in [-0.2, 0) is 14.8 Å². The standard InChI is InChI=1S/C20H31N3O3S/c1-14-10-15(2)19(16(3)11-14)27(25,26)23-9-5-7-18(23)20(24)22-13-17-6-4-8-21-12-17/h10-11,17-18,21H,4-9,12-13H2,1-3H3,(H,22,24). The van der Waals surface area contributed by atoms with Gasteiger partial charge in [-0.1, -0.05) is 17.7 Å². The summed E-state index contributed by atoms with van der Waals surface area (Å²) in [7, 11) is -3.69. The Morgan fingerprint density at radius 1 is 1.19 bits per heavy atom. The van der Waals surface area contributed by atoms with Crippen molar-refractivity contribution in [2.75, 3.05) is 26.2 Å². The summed E-state index contributed by atoms with van der Waals surface area (Å²) >= 11 is 0. The molecule has 2 N–H and O–H groups in total. The highest BCUT2D eigenvalue weighted by molar-refractivity contribution is 7.89. The van der Waals surface area contributed by atoms with Crippen molar-refractivity contribution < 1.29 is 13.2 Å². The van der Waals surface area contributed by atoms with E-state index < -0.39 is 16.1 Å². The van der Waals surface area contributed by atoms with E-state index >= 15 is 0 Å². The van der Waals surface area contributed by atoms with Gasteiger partial charge in [-0.25, -0.2) is 8.42 Å². The SMILES string of the molecule is Cc1cc(C)c(S(=O)(=O)N2CCCC2C(=O)NCC2CCCNC2)c(C)c1. The van der Waals surface area contributed by atoms with Crippen LogP contribution in [-0.4, -0.2) is 50.9 Å². The lowest BCUT2D eigenvalue weighted by atomic mass is 9.99. The van der Waals surface area contributed by atoms with Crippen LogP contribution >= 0.6 is 0 Å². The van der Waals surface area contributed by atoms with Gasteiger partial charge in [-0.2, -0.15) is 4.31 Å². The number of piperidine rings is 1. The van der Waals surface area contributed by atoms with Crippen LogP contribution in [0.25, 0.3) is 0 Å². The molecule has 3 rings (SSSR count). The summed E-state index contributed by atoms with van der Waals surface area (Å²) in [5, 5.41) is 6.34. The summed E-state index contributed by atoms with van der Waals surface area (Å²) in [5.74, 6) is 0.264. The molecular formula is C20H31N3O3S. The van der Waals surface area contributed by atoms with Gasteiger partial charge in [0.05, 0.1) is 4.90 Å². The van der Waals surface area contributed by atoms with Crippen LogP contribution < -0.4 is 10.6 Å². The molecule has 2 heterocycles. The quantitative estimate of drug-likeness (QED) is 0.801. The number of rotatable bonds is 5. The average Bonchev–Trinajstić information content (AvgIpc) is 3.10. The summed E-state index contributed by atoms with van der Waals surface area (Å²) in [4.78, 5) is 13.1. The normalized spacial score (nSPS) is 24.1. The van der Waals surface area contributed by atoms with Gasteiger partial charge >= 0.3 is 0 Å². The predicted octanol–water partition coefficient (Wildman–Crippen LogP) is 1.88. The molecule has 2 unspecified atom stereocenters. The highest BCUT2D eigenvalue weighted by Crippen LogP contribution is 2.30. The van der Waals surface area contributed by atoms with Crippen LogP contribution in [0.3, 0.4) is 0 Å². The van der Waals surface area contributed by atoms with Crippen molar-refractivity contribution in [2.45, 2.75) is 57.4 Å². The maximum absolute atomic E-state index is 13.3. The molecule has 2 fully saturated rings. The smallest absolute Gasteiger partial charge is 0.244 e. The van der Waals surface area contributed by atoms with Gasteiger partial charge in [0.25, 0.3) is 0 Å². The van der Waals surface area contributed by atoms with Gasteiger partial charge in [-0.15, -0.1) is 0 Å². The second kappa shape index (κ2) is 8.29. The molecule has 2 aliphatic heterocycles. The molecule has 2 aliphatic rings. The van der Waals surface area contributed by atoms with E-state index in [0.29, 0.717) is 36.7 Å². The lowest BCUT2D eigenvalue weighted by molar-refractivity contribution is -0.124. The first-order chi connectivity index (χ1) is 12.8. The molecule has 0 radical (unpaired) electrons. The molecular weight excluding hydrogens is 362 g/mol. The van der Waals surface area contributed by atoms with Crippen LogP contribution in [0.1, 0.15) is 42.4 Å². The minimum absolute atomic E-state index is 0.163. The summed E-state index contributed by atoms with van der Waals surface area (Å²) in [6.07, 6.45) is 3.52. The summed E-state index contributed by atoms with van der Waals surface area (Å²) in [6, 6.07) is 3.18. The van der Waals surface area contributed by atoms with E-state index in [1.807, 2.05) is 32.9 Å². The fourth-order valence-electron chi connectivity index (χ4n) is 4.44. The molecule has 1 aromatic carbocycles. The van der Waals surface area contributed by atoms with E-state index in [4.69, 9.17) is 0 Å². The Hall–Kier alpha value is -1.44. The molecule has 7 heteroatoms. The maximum atomic E-state index is 13.3. The molecule has 1 amide bonds. The zero-order chi connectivity index (χ0) is 19.6. The number of amides is 1. The highest BCUT2D eigenvalue weighted by Gasteiger charge is 2.40. The molecule has 1 aromatic rings. The number of nitrogens with one attached hydrogen (secondary N) is 2. The van der Waals surface area contributed by atoms with Crippen LogP contribution in [0.4, 0.5) is 0 Å². The minimum Gasteiger partial charge on any atom is -0.354 e. The molecule has 6 nitrogen and oxygen atoms in total. The first kappa shape index (κ1) is 20.3. The number of hydrogen-bond acceptors (Lipinski definition) is 4. The van der Waals surface area contributed by atoms with Crippen molar-refractivity contribution in [3.63, 3.8) is 0 Å². The predicted molar refractivity (Wildman–Crippen MR) is 106 cm³/mol. The van der Waals surface area contributed by atoms with Crippen molar-refractivity contribution in [2.24, 2.45) is 5.92 Å². The van der Waals surface area contributed by atoms with Gasteiger partial charge in [-0.3, -0.25) is 4.79 Å². The van der Waals surface area contributed by atoms with Gasteiger partial charge < -0.3 is 10.6 Å². The first-order valence-corrected chi connectivity index (χ1v) is 11.3. The van der Waals surface area contributed by atoms with Crippen LogP contribution in [0.2, 0.25) is 0 Å². The van der Waals surface area contributed by atoms with Crippen molar-refractivity contribution in [1.82, 2.24) is 14.9 Å². The summed E-state index contributed by atoms with van der Waals surface area (Å²) in [6.45, 7) is 8.57. The molecule has 27 heavy (non-hydrogen) atoms. The Balaban J connectivity index is 1.76. The lowest BCUT2D eigenvalue weighted by Crippen LogP contribution is -2.48. The number of benzene rings is 1. The van der Waals surface area contributed by atoms with E-state index in [2.05, 4.69) is 10.6 Å². The molecule has 0 saturated carbocycles. The number of hydrogen-bond donors (Lipinski definition) is 2. The van der Waals surface area contributed by atoms with E-state index in [1.54, 1.807) is 0 Å². The Bertz CT molecular complexity index is 778. The molecule has 2 saturated heterocycles. The number of aryl methyl sites for hydroxylation is 3. The van der Waals surface area contributed by atoms with E-state index in [9.17, 15) is 13.2 Å². The zero-order valence-corrected chi connectivity index (χ0v) is 17.4. The van der Waals surface area contributed by atoms with E-state index in [1.165, 1.54) is 4.31 Å². The summed E-state index contributed by atoms with van der Waals surface area (Å²) in [5.41, 5.74) is 2.53. The zero-order valence-electron chi connectivity index (χ0n) is 16.5. The minimum atomic E-state index is -3.69. The second-order valence-corrected chi connectivity index (χ2v) is 9.79. The number of nitrogens with zero attached hydrogens (tertiary/aromatic N) is 1. The number of sulfonamides is 1. The van der Waals surface area contributed by atoms with Gasteiger partial charge in [0.1, 0.15) is 6.04 Å². The average molecular weight is 394 g/mol. The highest BCUT2D eigenvalue weighted by atomic mass is 32.2. The molecule has 0 aromatic heterocycles. The van der Waals surface area contributed by atoms with Crippen LogP contribution in [0.15, 0.2) is 17.0 Å². The third kappa shape index (κ3) is 4.36. The number of carbonyl (C=O) groups is 1. The Kier molecular flexibility index (Phi) is 6.23. The van der Waals surface area contributed by atoms with Gasteiger partial charge in [0.2, 0.25) is 15.9 Å². The summed E-state index contributed by atoms with van der Waals surface area (Å²) < 4.78 is 28.1. The van der Waals surface area contributed by atoms with E-state index in [-0.39, 0.29) is 5.91 Å². The molecule has 0 aliphatic carbocycles.